The van der Waals surface area contributed by atoms with Crippen molar-refractivity contribution >= 4 is 5.97 Å². The predicted octanol–water partition coefficient (Wildman–Crippen LogP) is -1.11. The average Bonchev–Trinajstić information content (AvgIpc) is 2.43. The number of allylic oxidation sites excluding steroid dienone is 2. The van der Waals surface area contributed by atoms with E-state index in [1.165, 1.54) is 64.2 Å². The quantitative estimate of drug-likeness (QED) is 0.215. The maximum atomic E-state index is 10.2. The molecule has 0 aliphatic carbocycles. The maximum absolute atomic E-state index is 10.2. The van der Waals surface area contributed by atoms with Gasteiger partial charge < -0.3 is 11.3 Å². The summed E-state index contributed by atoms with van der Waals surface area (Å²) < 4.78 is 0. The molecule has 0 heterocycles. The summed E-state index contributed by atoms with van der Waals surface area (Å²) in [5, 5.41) is 10.2. The van der Waals surface area contributed by atoms with Gasteiger partial charge in [-0.05, 0) is 38.5 Å². The number of aliphatic carboxylic acids is 1. The Bertz CT molecular complexity index is 251. The number of hydrogen-bond donors (Lipinski definition) is 0. The molecule has 0 spiro atoms. The zero-order chi connectivity index (χ0) is 14.9. The van der Waals surface area contributed by atoms with Crippen molar-refractivity contribution in [3.8, 4) is 0 Å². The van der Waals surface area contributed by atoms with Crippen LogP contribution in [0.4, 0.5) is 0 Å². The fourth-order valence-electron chi connectivity index (χ4n) is 2.34. The van der Waals surface area contributed by atoms with Crippen LogP contribution in [0.2, 0.25) is 0 Å². The topological polar surface area (TPSA) is 40.1 Å². The molecule has 0 saturated heterocycles. The van der Waals surface area contributed by atoms with Gasteiger partial charge in [-0.2, -0.15) is 0 Å². The summed E-state index contributed by atoms with van der Waals surface area (Å²) in [4.78, 5) is 10.2. The van der Waals surface area contributed by atoms with E-state index in [4.69, 9.17) is 0 Å². The second-order valence-corrected chi connectivity index (χ2v) is 5.71. The third-order valence-corrected chi connectivity index (χ3v) is 3.64. The van der Waals surface area contributed by atoms with Gasteiger partial charge in [-0.1, -0.05) is 70.4 Å². The molecule has 0 amide bonds. The van der Waals surface area contributed by atoms with Crippen LogP contribution in [0.25, 0.3) is 0 Å². The van der Waals surface area contributed by atoms with Crippen LogP contribution >= 0.6 is 0 Å². The molecule has 0 aliphatic heterocycles. The molecule has 0 aromatic rings. The van der Waals surface area contributed by atoms with Crippen LogP contribution in [-0.2, 0) is 4.79 Å². The van der Waals surface area contributed by atoms with Gasteiger partial charge in [0.15, 0.2) is 0 Å². The summed E-state index contributed by atoms with van der Waals surface area (Å²) in [5.74, 6) is -0.914. The van der Waals surface area contributed by atoms with Crippen molar-refractivity contribution in [2.75, 3.05) is 0 Å². The Kier molecular flexibility index (Phi) is 32.7. The van der Waals surface area contributed by atoms with Gasteiger partial charge in [0, 0.05) is 5.97 Å². The van der Waals surface area contributed by atoms with E-state index in [9.17, 15) is 9.90 Å². The van der Waals surface area contributed by atoms with E-state index in [0.717, 1.165) is 19.3 Å². The van der Waals surface area contributed by atoms with Crippen molar-refractivity contribution in [1.82, 2.24) is 0 Å². The summed E-state index contributed by atoms with van der Waals surface area (Å²) in [6.45, 7) is 2.26. The van der Waals surface area contributed by atoms with Gasteiger partial charge >= 0.3 is 80.9 Å². The molecule has 0 aromatic carbocycles. The number of carbonyl (C=O) groups excluding carboxylic acids is 1. The largest absolute Gasteiger partial charge is 1.00 e. The number of carbonyl (C=O) groups is 1. The van der Waals surface area contributed by atoms with E-state index >= 15 is 0 Å². The predicted molar refractivity (Wildman–Crippen MR) is 85.6 cm³/mol. The molecule has 2 nitrogen and oxygen atoms in total. The Morgan fingerprint density at radius 1 is 0.818 bits per heavy atom. The molecule has 0 unspecified atom stereocenters. The Morgan fingerprint density at radius 2 is 1.23 bits per heavy atom. The van der Waals surface area contributed by atoms with Crippen molar-refractivity contribution < 1.29 is 92.3 Å². The SMILES string of the molecule is CCCCCCCC/C=C\CCCCCCCC(=O)[O-].[H-].[K+].[Na+]. The van der Waals surface area contributed by atoms with E-state index in [1.807, 2.05) is 0 Å². The van der Waals surface area contributed by atoms with Gasteiger partial charge in [0.2, 0.25) is 0 Å². The Hall–Kier alpha value is 1.85. The molecule has 120 valence electrons. The fourth-order valence-corrected chi connectivity index (χ4v) is 2.34. The van der Waals surface area contributed by atoms with Crippen LogP contribution in [0.1, 0.15) is 98.2 Å². The van der Waals surface area contributed by atoms with Crippen LogP contribution in [0, 0.1) is 0 Å². The van der Waals surface area contributed by atoms with Gasteiger partial charge in [0.25, 0.3) is 0 Å². The van der Waals surface area contributed by atoms with Gasteiger partial charge in [0.1, 0.15) is 0 Å². The first kappa shape index (κ1) is 28.6. The molecule has 0 atom stereocenters. The molecule has 0 fully saturated rings. The molecule has 22 heavy (non-hydrogen) atoms. The number of hydrogen-bond acceptors (Lipinski definition) is 2. The zero-order valence-electron chi connectivity index (χ0n) is 16.4. The summed E-state index contributed by atoms with van der Waals surface area (Å²) in [5.41, 5.74) is 0. The van der Waals surface area contributed by atoms with Crippen molar-refractivity contribution in [3.63, 3.8) is 0 Å². The maximum Gasteiger partial charge on any atom is 1.00 e. The number of carboxylic acids is 1. The molecule has 4 heteroatoms. The first-order chi connectivity index (χ1) is 9.77. The summed E-state index contributed by atoms with van der Waals surface area (Å²) >= 11 is 0. The third kappa shape index (κ3) is 26.7. The second-order valence-electron chi connectivity index (χ2n) is 5.71. The molecule has 0 N–H and O–H groups in total. The number of unbranched alkanes of at least 4 members (excludes halogenated alkanes) is 11. The molecule has 0 radical (unpaired) electrons. The minimum Gasteiger partial charge on any atom is -1.00 e. The van der Waals surface area contributed by atoms with Gasteiger partial charge in [-0.3, -0.25) is 0 Å². The first-order valence-corrected chi connectivity index (χ1v) is 8.62. The zero-order valence-corrected chi connectivity index (χ0v) is 20.5. The average molecular weight is 345 g/mol. The van der Waals surface area contributed by atoms with Crippen LogP contribution in [0.5, 0.6) is 0 Å². The minimum atomic E-state index is -0.914. The van der Waals surface area contributed by atoms with Crippen LogP contribution in [0.3, 0.4) is 0 Å². The fraction of sp³-hybridized carbons (Fsp3) is 0.833. The van der Waals surface area contributed by atoms with Crippen LogP contribution in [-0.4, -0.2) is 5.97 Å². The van der Waals surface area contributed by atoms with E-state index in [2.05, 4.69) is 19.1 Å². The molecular weight excluding hydrogens is 310 g/mol. The minimum absolute atomic E-state index is 0. The molecule has 0 aliphatic rings. The molecular formula is C18H34KNaO2. The molecule has 0 rings (SSSR count). The number of rotatable bonds is 15. The second kappa shape index (κ2) is 25.1. The first-order valence-electron chi connectivity index (χ1n) is 8.62. The van der Waals surface area contributed by atoms with Gasteiger partial charge in [0.05, 0.1) is 0 Å². The molecule has 0 saturated carbocycles. The Morgan fingerprint density at radius 3 is 1.68 bits per heavy atom. The number of carboxylic acid groups (broad SMARTS) is 1. The van der Waals surface area contributed by atoms with Crippen molar-refractivity contribution in [1.29, 1.82) is 0 Å². The standard InChI is InChI=1S/C18H34O2.K.Na.H/c1-2-3-4-5-6-7-8-9-10-11-12-13-14-15-16-17-18(19)20;;;/h9-10H,2-8,11-17H2,1H3,(H,19,20);;;/q;2*+1;-1/p-1/b10-9-;;;. The van der Waals surface area contributed by atoms with E-state index in [-0.39, 0.29) is 88.8 Å². The summed E-state index contributed by atoms with van der Waals surface area (Å²) in [6, 6.07) is 0. The van der Waals surface area contributed by atoms with E-state index in [1.54, 1.807) is 0 Å². The van der Waals surface area contributed by atoms with Gasteiger partial charge in [-0.25, -0.2) is 0 Å². The monoisotopic (exact) mass is 344 g/mol. The van der Waals surface area contributed by atoms with Gasteiger partial charge in [-0.15, -0.1) is 0 Å². The molecule has 0 bridgehead atoms. The molecule has 0 aromatic heterocycles. The smallest absolute Gasteiger partial charge is 1.00 e. The van der Waals surface area contributed by atoms with Crippen molar-refractivity contribution in [2.45, 2.75) is 96.8 Å². The van der Waals surface area contributed by atoms with E-state index in [0.29, 0.717) is 0 Å². The van der Waals surface area contributed by atoms with Crippen molar-refractivity contribution in [3.05, 3.63) is 12.2 Å². The van der Waals surface area contributed by atoms with E-state index < -0.39 is 5.97 Å². The Labute approximate surface area is 204 Å². The third-order valence-electron chi connectivity index (χ3n) is 3.64. The summed E-state index contributed by atoms with van der Waals surface area (Å²) in [6.07, 6.45) is 20.9. The van der Waals surface area contributed by atoms with Crippen molar-refractivity contribution in [2.24, 2.45) is 0 Å². The van der Waals surface area contributed by atoms with Crippen LogP contribution in [0.15, 0.2) is 12.2 Å². The van der Waals surface area contributed by atoms with Crippen LogP contribution < -0.4 is 86.0 Å². The summed E-state index contributed by atoms with van der Waals surface area (Å²) in [7, 11) is 0. The normalized spacial score (nSPS) is 10.2. The Balaban J connectivity index is -0.000000602.